The van der Waals surface area contributed by atoms with E-state index < -0.39 is 0 Å². The molecule has 1 atom stereocenters. The number of anilines is 1. The fourth-order valence-corrected chi connectivity index (χ4v) is 3.05. The molecular formula is C19H23NO. The van der Waals surface area contributed by atoms with Crippen molar-refractivity contribution in [1.82, 2.24) is 0 Å². The molecule has 1 unspecified atom stereocenters. The Morgan fingerprint density at radius 3 is 2.86 bits per heavy atom. The first-order valence-electron chi connectivity index (χ1n) is 7.76. The molecule has 21 heavy (non-hydrogen) atoms. The van der Waals surface area contributed by atoms with Crippen LogP contribution in [0.2, 0.25) is 0 Å². The van der Waals surface area contributed by atoms with Crippen LogP contribution in [0, 0.1) is 0 Å². The number of nitrogens with one attached hydrogen (secondary N) is 1. The van der Waals surface area contributed by atoms with Crippen LogP contribution >= 0.6 is 0 Å². The van der Waals surface area contributed by atoms with Crippen LogP contribution in [0.1, 0.15) is 30.0 Å². The van der Waals surface area contributed by atoms with E-state index >= 15 is 0 Å². The van der Waals surface area contributed by atoms with Crippen molar-refractivity contribution in [3.05, 3.63) is 59.2 Å². The second-order valence-electron chi connectivity index (χ2n) is 5.89. The minimum Gasteiger partial charge on any atom is -0.496 e. The van der Waals surface area contributed by atoms with Gasteiger partial charge in [-0.3, -0.25) is 0 Å². The molecule has 2 aromatic rings. The van der Waals surface area contributed by atoms with Crippen LogP contribution in [0.5, 0.6) is 5.75 Å². The molecule has 0 spiro atoms. The summed E-state index contributed by atoms with van der Waals surface area (Å²) in [7, 11) is 1.74. The fourth-order valence-electron chi connectivity index (χ4n) is 3.05. The van der Waals surface area contributed by atoms with Crippen molar-refractivity contribution in [2.24, 2.45) is 0 Å². The zero-order chi connectivity index (χ0) is 14.7. The predicted molar refractivity (Wildman–Crippen MR) is 88.2 cm³/mol. The van der Waals surface area contributed by atoms with E-state index in [-0.39, 0.29) is 0 Å². The molecule has 0 bridgehead atoms. The highest BCUT2D eigenvalue weighted by molar-refractivity contribution is 5.55. The number of hydrogen-bond acceptors (Lipinski definition) is 2. The van der Waals surface area contributed by atoms with Crippen LogP contribution in [0.3, 0.4) is 0 Å². The summed E-state index contributed by atoms with van der Waals surface area (Å²) in [5.74, 6) is 0.992. The zero-order valence-corrected chi connectivity index (χ0v) is 12.9. The van der Waals surface area contributed by atoms with Gasteiger partial charge in [-0.05, 0) is 61.4 Å². The Balaban J connectivity index is 1.71. The minimum atomic E-state index is 0.594. The molecule has 0 saturated heterocycles. The smallest absolute Gasteiger partial charge is 0.122 e. The Morgan fingerprint density at radius 1 is 1.14 bits per heavy atom. The van der Waals surface area contributed by atoms with Gasteiger partial charge in [-0.2, -0.15) is 0 Å². The van der Waals surface area contributed by atoms with Crippen molar-refractivity contribution in [3.8, 4) is 5.75 Å². The maximum atomic E-state index is 5.43. The van der Waals surface area contributed by atoms with Gasteiger partial charge in [0, 0.05) is 11.7 Å². The van der Waals surface area contributed by atoms with Crippen LogP contribution in [0.4, 0.5) is 5.69 Å². The standard InChI is InChI=1S/C19H23NO/c1-14-7-10-17-13-15(9-12-18(17)20-14)8-11-16-5-3-4-6-19(16)21-2/h3-6,9,12-14,20H,7-8,10-11H2,1-2H3. The van der Waals surface area contributed by atoms with Crippen molar-refractivity contribution < 1.29 is 4.74 Å². The topological polar surface area (TPSA) is 21.3 Å². The van der Waals surface area contributed by atoms with E-state index in [0.29, 0.717) is 6.04 Å². The normalized spacial score (nSPS) is 17.0. The summed E-state index contributed by atoms with van der Waals surface area (Å²) in [5, 5.41) is 3.56. The van der Waals surface area contributed by atoms with Crippen LogP contribution in [0.15, 0.2) is 42.5 Å². The van der Waals surface area contributed by atoms with E-state index in [2.05, 4.69) is 42.6 Å². The summed E-state index contributed by atoms with van der Waals surface area (Å²) >= 11 is 0. The summed E-state index contributed by atoms with van der Waals surface area (Å²) in [5.41, 5.74) is 5.47. The first-order chi connectivity index (χ1) is 10.3. The van der Waals surface area contributed by atoms with Gasteiger partial charge in [-0.25, -0.2) is 0 Å². The largest absolute Gasteiger partial charge is 0.496 e. The van der Waals surface area contributed by atoms with Gasteiger partial charge < -0.3 is 10.1 Å². The van der Waals surface area contributed by atoms with Crippen molar-refractivity contribution in [2.45, 2.75) is 38.6 Å². The lowest BCUT2D eigenvalue weighted by Gasteiger charge is -2.24. The van der Waals surface area contributed by atoms with Crippen LogP contribution in [-0.2, 0) is 19.3 Å². The molecule has 1 aliphatic heterocycles. The van der Waals surface area contributed by atoms with Gasteiger partial charge in [-0.1, -0.05) is 30.3 Å². The SMILES string of the molecule is COc1ccccc1CCc1ccc2c(c1)CCC(C)N2. The van der Waals surface area contributed by atoms with E-state index in [1.807, 2.05) is 12.1 Å². The number of fused-ring (bicyclic) bond motifs is 1. The first kappa shape index (κ1) is 14.0. The number of rotatable bonds is 4. The van der Waals surface area contributed by atoms with Gasteiger partial charge >= 0.3 is 0 Å². The Labute approximate surface area is 127 Å². The summed E-state index contributed by atoms with van der Waals surface area (Å²) in [6.45, 7) is 2.25. The van der Waals surface area contributed by atoms with E-state index in [0.717, 1.165) is 18.6 Å². The number of hydrogen-bond donors (Lipinski definition) is 1. The van der Waals surface area contributed by atoms with Gasteiger partial charge in [0.05, 0.1) is 7.11 Å². The lowest BCUT2D eigenvalue weighted by molar-refractivity contribution is 0.409. The number of methoxy groups -OCH3 is 1. The maximum absolute atomic E-state index is 5.43. The van der Waals surface area contributed by atoms with Gasteiger partial charge in [0.2, 0.25) is 0 Å². The third-order valence-corrected chi connectivity index (χ3v) is 4.29. The van der Waals surface area contributed by atoms with E-state index in [1.165, 1.54) is 35.2 Å². The molecule has 0 fully saturated rings. The number of ether oxygens (including phenoxy) is 1. The molecule has 0 aromatic heterocycles. The van der Waals surface area contributed by atoms with Crippen LogP contribution in [-0.4, -0.2) is 13.2 Å². The fraction of sp³-hybridized carbons (Fsp3) is 0.368. The molecule has 2 aromatic carbocycles. The molecule has 0 aliphatic carbocycles. The molecule has 0 amide bonds. The molecule has 1 heterocycles. The van der Waals surface area contributed by atoms with E-state index in [9.17, 15) is 0 Å². The van der Waals surface area contributed by atoms with Crippen molar-refractivity contribution >= 4 is 5.69 Å². The van der Waals surface area contributed by atoms with E-state index in [4.69, 9.17) is 4.74 Å². The summed E-state index contributed by atoms with van der Waals surface area (Å²) in [6.07, 6.45) is 4.49. The Kier molecular flexibility index (Phi) is 4.14. The second kappa shape index (κ2) is 6.21. The van der Waals surface area contributed by atoms with E-state index in [1.54, 1.807) is 7.11 Å². The van der Waals surface area contributed by atoms with Crippen molar-refractivity contribution in [2.75, 3.05) is 12.4 Å². The Bertz CT molecular complexity index is 621. The summed E-state index contributed by atoms with van der Waals surface area (Å²) < 4.78 is 5.43. The molecule has 3 rings (SSSR count). The Hall–Kier alpha value is -1.96. The van der Waals surface area contributed by atoms with Gasteiger partial charge in [0.25, 0.3) is 0 Å². The van der Waals surface area contributed by atoms with Crippen molar-refractivity contribution in [3.63, 3.8) is 0 Å². The quantitative estimate of drug-likeness (QED) is 0.905. The predicted octanol–water partition coefficient (Wildman–Crippen LogP) is 4.23. The molecule has 0 saturated carbocycles. The Morgan fingerprint density at radius 2 is 2.00 bits per heavy atom. The first-order valence-corrected chi connectivity index (χ1v) is 7.76. The van der Waals surface area contributed by atoms with Gasteiger partial charge in [0.15, 0.2) is 0 Å². The average Bonchev–Trinajstić information content (AvgIpc) is 2.53. The summed E-state index contributed by atoms with van der Waals surface area (Å²) in [4.78, 5) is 0. The molecule has 2 heteroatoms. The van der Waals surface area contributed by atoms with Crippen molar-refractivity contribution in [1.29, 1.82) is 0 Å². The second-order valence-corrected chi connectivity index (χ2v) is 5.89. The molecule has 0 radical (unpaired) electrons. The molecular weight excluding hydrogens is 258 g/mol. The highest BCUT2D eigenvalue weighted by Crippen LogP contribution is 2.27. The van der Waals surface area contributed by atoms with Crippen LogP contribution < -0.4 is 10.1 Å². The lowest BCUT2D eigenvalue weighted by Crippen LogP contribution is -2.21. The number of para-hydroxylation sites is 1. The monoisotopic (exact) mass is 281 g/mol. The molecule has 1 aliphatic rings. The lowest BCUT2D eigenvalue weighted by atomic mass is 9.95. The summed E-state index contributed by atoms with van der Waals surface area (Å²) in [6, 6.07) is 15.7. The maximum Gasteiger partial charge on any atom is 0.122 e. The molecule has 1 N–H and O–H groups in total. The number of benzene rings is 2. The molecule has 110 valence electrons. The minimum absolute atomic E-state index is 0.594. The highest BCUT2D eigenvalue weighted by Gasteiger charge is 2.14. The third kappa shape index (κ3) is 3.21. The van der Waals surface area contributed by atoms with Crippen LogP contribution in [0.25, 0.3) is 0 Å². The zero-order valence-electron chi connectivity index (χ0n) is 12.9. The highest BCUT2D eigenvalue weighted by atomic mass is 16.5. The number of aryl methyl sites for hydroxylation is 3. The average molecular weight is 281 g/mol. The third-order valence-electron chi connectivity index (χ3n) is 4.29. The molecule has 2 nitrogen and oxygen atoms in total. The van der Waals surface area contributed by atoms with Gasteiger partial charge in [0.1, 0.15) is 5.75 Å². The van der Waals surface area contributed by atoms with Gasteiger partial charge in [-0.15, -0.1) is 0 Å².